The Bertz CT molecular complexity index is 999. The Morgan fingerprint density at radius 2 is 1.30 bits per heavy atom. The van der Waals surface area contributed by atoms with Crippen LogP contribution in [-0.2, 0) is 5.75 Å². The molecule has 0 unspecified atom stereocenters. The van der Waals surface area contributed by atoms with E-state index >= 15 is 0 Å². The minimum atomic E-state index is -0.217. The summed E-state index contributed by atoms with van der Waals surface area (Å²) in [6.45, 7) is 0. The van der Waals surface area contributed by atoms with E-state index in [1.165, 1.54) is 23.3 Å². The number of aromatic nitrogens is 2. The molecule has 1 heterocycles. The van der Waals surface area contributed by atoms with Gasteiger partial charge < -0.3 is 0 Å². The van der Waals surface area contributed by atoms with Crippen molar-refractivity contribution < 1.29 is 4.39 Å². The molecule has 2 nitrogen and oxygen atoms in total. The monoisotopic (exact) mass is 372 g/mol. The van der Waals surface area contributed by atoms with Crippen LogP contribution in [0.25, 0.3) is 22.4 Å². The molecular formula is C23H17FN2S. The molecule has 0 saturated carbocycles. The predicted octanol–water partition coefficient (Wildman–Crippen LogP) is 6.24. The Hall–Kier alpha value is -2.98. The van der Waals surface area contributed by atoms with Crippen LogP contribution in [0.3, 0.4) is 0 Å². The number of halogens is 1. The lowest BCUT2D eigenvalue weighted by Gasteiger charge is -2.05. The lowest BCUT2D eigenvalue weighted by molar-refractivity contribution is 0.627. The molecule has 0 atom stereocenters. The summed E-state index contributed by atoms with van der Waals surface area (Å²) in [4.78, 5) is 0. The quantitative estimate of drug-likeness (QED) is 0.388. The van der Waals surface area contributed by atoms with Crippen molar-refractivity contribution in [2.45, 2.75) is 10.8 Å². The van der Waals surface area contributed by atoms with Gasteiger partial charge in [-0.1, -0.05) is 78.5 Å². The molecule has 0 saturated heterocycles. The maximum Gasteiger partial charge on any atom is 0.123 e. The highest BCUT2D eigenvalue weighted by atomic mass is 32.2. The van der Waals surface area contributed by atoms with Crippen molar-refractivity contribution in [1.82, 2.24) is 10.2 Å². The second kappa shape index (κ2) is 8.14. The van der Waals surface area contributed by atoms with E-state index in [9.17, 15) is 4.39 Å². The molecule has 27 heavy (non-hydrogen) atoms. The summed E-state index contributed by atoms with van der Waals surface area (Å²) in [6.07, 6.45) is 0. The molecule has 0 bridgehead atoms. The number of benzene rings is 3. The maximum atomic E-state index is 12.9. The zero-order valence-corrected chi connectivity index (χ0v) is 15.4. The molecular weight excluding hydrogens is 355 g/mol. The normalized spacial score (nSPS) is 10.7. The van der Waals surface area contributed by atoms with Gasteiger partial charge in [0.1, 0.15) is 10.8 Å². The molecule has 4 rings (SSSR count). The van der Waals surface area contributed by atoms with E-state index in [2.05, 4.69) is 46.6 Å². The first-order chi connectivity index (χ1) is 13.3. The first kappa shape index (κ1) is 17.4. The van der Waals surface area contributed by atoms with Crippen molar-refractivity contribution in [3.05, 3.63) is 102 Å². The topological polar surface area (TPSA) is 25.8 Å². The number of rotatable bonds is 5. The number of nitrogens with zero attached hydrogens (tertiary/aromatic N) is 2. The average molecular weight is 372 g/mol. The van der Waals surface area contributed by atoms with Gasteiger partial charge in [0.15, 0.2) is 0 Å². The van der Waals surface area contributed by atoms with E-state index in [-0.39, 0.29) is 5.82 Å². The van der Waals surface area contributed by atoms with Crippen molar-refractivity contribution in [1.29, 1.82) is 0 Å². The predicted molar refractivity (Wildman–Crippen MR) is 109 cm³/mol. The SMILES string of the molecule is Fc1ccc(CSc2ccc(-c3ccc(-c4ccccc4)cc3)nn2)cc1. The van der Waals surface area contributed by atoms with Crippen LogP contribution in [0.5, 0.6) is 0 Å². The van der Waals surface area contributed by atoms with Crippen LogP contribution in [0.1, 0.15) is 5.56 Å². The van der Waals surface area contributed by atoms with E-state index in [1.54, 1.807) is 23.9 Å². The molecule has 4 aromatic rings. The van der Waals surface area contributed by atoms with Gasteiger partial charge in [-0.05, 0) is 41.0 Å². The van der Waals surface area contributed by atoms with E-state index < -0.39 is 0 Å². The summed E-state index contributed by atoms with van der Waals surface area (Å²) in [5, 5.41) is 9.50. The van der Waals surface area contributed by atoms with Gasteiger partial charge in [0, 0.05) is 11.3 Å². The minimum absolute atomic E-state index is 0.217. The van der Waals surface area contributed by atoms with Crippen molar-refractivity contribution in [3.8, 4) is 22.4 Å². The van der Waals surface area contributed by atoms with Gasteiger partial charge in [0.25, 0.3) is 0 Å². The number of hydrogen-bond acceptors (Lipinski definition) is 3. The summed E-state index contributed by atoms with van der Waals surface area (Å²) in [5.41, 5.74) is 5.32. The molecule has 0 radical (unpaired) electrons. The molecule has 0 aliphatic heterocycles. The summed E-state index contributed by atoms with van der Waals surface area (Å²) >= 11 is 1.59. The summed E-state index contributed by atoms with van der Waals surface area (Å²) in [6, 6.07) is 29.1. The third-order valence-corrected chi connectivity index (χ3v) is 5.22. The Morgan fingerprint density at radius 3 is 1.96 bits per heavy atom. The first-order valence-corrected chi connectivity index (χ1v) is 9.63. The first-order valence-electron chi connectivity index (χ1n) is 8.65. The van der Waals surface area contributed by atoms with Gasteiger partial charge >= 0.3 is 0 Å². The van der Waals surface area contributed by atoms with Gasteiger partial charge in [-0.3, -0.25) is 0 Å². The summed E-state index contributed by atoms with van der Waals surface area (Å²) in [5.74, 6) is 0.520. The van der Waals surface area contributed by atoms with Crippen LogP contribution in [0.4, 0.5) is 4.39 Å². The van der Waals surface area contributed by atoms with Crippen LogP contribution in [0.15, 0.2) is 96.0 Å². The molecule has 0 amide bonds. The Morgan fingerprint density at radius 1 is 0.630 bits per heavy atom. The van der Waals surface area contributed by atoms with Gasteiger partial charge in [-0.15, -0.1) is 10.2 Å². The zero-order valence-electron chi connectivity index (χ0n) is 14.5. The summed E-state index contributed by atoms with van der Waals surface area (Å²) in [7, 11) is 0. The molecule has 0 spiro atoms. The van der Waals surface area contributed by atoms with E-state index in [1.807, 2.05) is 30.3 Å². The standard InChI is InChI=1S/C23H17FN2S/c24-21-12-6-17(7-13-21)16-27-23-15-14-22(25-26-23)20-10-8-19(9-11-20)18-4-2-1-3-5-18/h1-15H,16H2. The smallest absolute Gasteiger partial charge is 0.123 e. The third kappa shape index (κ3) is 4.41. The lowest BCUT2D eigenvalue weighted by Crippen LogP contribution is -1.90. The van der Waals surface area contributed by atoms with Gasteiger partial charge in [-0.25, -0.2) is 4.39 Å². The van der Waals surface area contributed by atoms with Crippen LogP contribution < -0.4 is 0 Å². The Labute approximate surface area is 162 Å². The van der Waals surface area contributed by atoms with Crippen molar-refractivity contribution in [3.63, 3.8) is 0 Å². The van der Waals surface area contributed by atoms with E-state index in [4.69, 9.17) is 0 Å². The third-order valence-electron chi connectivity index (χ3n) is 4.23. The summed E-state index contributed by atoms with van der Waals surface area (Å²) < 4.78 is 12.9. The van der Waals surface area contributed by atoms with E-state index in [0.29, 0.717) is 0 Å². The van der Waals surface area contributed by atoms with Gasteiger partial charge in [-0.2, -0.15) is 0 Å². The van der Waals surface area contributed by atoms with Crippen molar-refractivity contribution in [2.24, 2.45) is 0 Å². The maximum absolute atomic E-state index is 12.9. The number of thioether (sulfide) groups is 1. The molecule has 4 heteroatoms. The van der Waals surface area contributed by atoms with Crippen LogP contribution in [0, 0.1) is 5.82 Å². The second-order valence-electron chi connectivity index (χ2n) is 6.12. The second-order valence-corrected chi connectivity index (χ2v) is 7.11. The molecule has 3 aromatic carbocycles. The minimum Gasteiger partial charge on any atom is -0.207 e. The lowest BCUT2D eigenvalue weighted by atomic mass is 10.0. The average Bonchev–Trinajstić information content (AvgIpc) is 2.75. The highest BCUT2D eigenvalue weighted by Gasteiger charge is 2.04. The van der Waals surface area contributed by atoms with Gasteiger partial charge in [0.05, 0.1) is 5.69 Å². The highest BCUT2D eigenvalue weighted by molar-refractivity contribution is 7.98. The van der Waals surface area contributed by atoms with Crippen molar-refractivity contribution >= 4 is 11.8 Å². The molecule has 0 aliphatic carbocycles. The molecule has 0 fully saturated rings. The highest BCUT2D eigenvalue weighted by Crippen LogP contribution is 2.25. The fourth-order valence-corrected chi connectivity index (χ4v) is 3.52. The van der Waals surface area contributed by atoms with E-state index in [0.717, 1.165) is 27.6 Å². The van der Waals surface area contributed by atoms with Gasteiger partial charge in [0.2, 0.25) is 0 Å². The zero-order chi connectivity index (χ0) is 18.5. The van der Waals surface area contributed by atoms with Crippen LogP contribution >= 0.6 is 11.8 Å². The number of hydrogen-bond donors (Lipinski definition) is 0. The van der Waals surface area contributed by atoms with Crippen LogP contribution in [0.2, 0.25) is 0 Å². The fourth-order valence-electron chi connectivity index (χ4n) is 2.75. The largest absolute Gasteiger partial charge is 0.207 e. The molecule has 0 N–H and O–H groups in total. The fraction of sp³-hybridized carbons (Fsp3) is 0.0435. The molecule has 132 valence electrons. The van der Waals surface area contributed by atoms with Crippen molar-refractivity contribution in [2.75, 3.05) is 0 Å². The van der Waals surface area contributed by atoms with Crippen LogP contribution in [-0.4, -0.2) is 10.2 Å². The molecule has 0 aliphatic rings. The molecule has 1 aromatic heterocycles. The Kier molecular flexibility index (Phi) is 5.26. The Balaban J connectivity index is 1.43.